The minimum atomic E-state index is 0.0443. The van der Waals surface area contributed by atoms with Gasteiger partial charge in [-0.3, -0.25) is 4.79 Å². The number of rotatable bonds is 4. The van der Waals surface area contributed by atoms with Gasteiger partial charge in [0.05, 0.1) is 22.4 Å². The first-order chi connectivity index (χ1) is 10.6. The molecule has 4 nitrogen and oxygen atoms in total. The van der Waals surface area contributed by atoms with Crippen molar-refractivity contribution in [3.63, 3.8) is 0 Å². The van der Waals surface area contributed by atoms with Crippen LogP contribution in [-0.4, -0.2) is 15.8 Å². The van der Waals surface area contributed by atoms with Gasteiger partial charge in [-0.25, -0.2) is 9.97 Å². The summed E-state index contributed by atoms with van der Waals surface area (Å²) in [6.45, 7) is 3.82. The quantitative estimate of drug-likeness (QED) is 0.688. The van der Waals surface area contributed by atoms with E-state index in [-0.39, 0.29) is 5.78 Å². The Balaban J connectivity index is 1.78. The van der Waals surface area contributed by atoms with E-state index in [1.165, 1.54) is 0 Å². The monoisotopic (exact) mass is 292 g/mol. The zero-order chi connectivity index (χ0) is 15.5. The van der Waals surface area contributed by atoms with E-state index in [1.54, 1.807) is 31.2 Å². The fraction of sp³-hybridized carbons (Fsp3) is 0.167. The second kappa shape index (κ2) is 5.93. The van der Waals surface area contributed by atoms with Crippen molar-refractivity contribution < 1.29 is 9.53 Å². The van der Waals surface area contributed by atoms with E-state index in [2.05, 4.69) is 9.97 Å². The molecule has 0 saturated carbocycles. The van der Waals surface area contributed by atoms with Crippen LogP contribution in [0.25, 0.3) is 11.0 Å². The maximum Gasteiger partial charge on any atom is 0.159 e. The topological polar surface area (TPSA) is 52.1 Å². The third kappa shape index (κ3) is 2.96. The lowest BCUT2D eigenvalue weighted by Gasteiger charge is -2.09. The molecule has 0 unspecified atom stereocenters. The standard InChI is InChI=1S/C18H16N2O2/c1-12-18(20-17-6-4-3-5-16(17)19-12)11-22-15-9-7-14(8-10-15)13(2)21/h3-10H,11H2,1-2H3. The van der Waals surface area contributed by atoms with E-state index in [9.17, 15) is 4.79 Å². The summed E-state index contributed by atoms with van der Waals surface area (Å²) in [6, 6.07) is 14.9. The van der Waals surface area contributed by atoms with Crippen LogP contribution in [0, 0.1) is 6.92 Å². The molecule has 0 amide bonds. The predicted octanol–water partition coefficient (Wildman–Crippen LogP) is 3.72. The number of nitrogens with zero attached hydrogens (tertiary/aromatic N) is 2. The van der Waals surface area contributed by atoms with Crippen LogP contribution in [0.15, 0.2) is 48.5 Å². The van der Waals surface area contributed by atoms with Gasteiger partial charge in [-0.15, -0.1) is 0 Å². The Kier molecular flexibility index (Phi) is 3.83. The summed E-state index contributed by atoms with van der Waals surface area (Å²) in [6.07, 6.45) is 0. The number of carbonyl (C=O) groups is 1. The van der Waals surface area contributed by atoms with Crippen LogP contribution >= 0.6 is 0 Å². The van der Waals surface area contributed by atoms with Crippen LogP contribution in [0.1, 0.15) is 28.7 Å². The highest BCUT2D eigenvalue weighted by atomic mass is 16.5. The number of fused-ring (bicyclic) bond motifs is 1. The van der Waals surface area contributed by atoms with Gasteiger partial charge in [0.2, 0.25) is 0 Å². The maximum absolute atomic E-state index is 11.2. The molecule has 0 radical (unpaired) electrons. The van der Waals surface area contributed by atoms with Crippen molar-refractivity contribution in [1.82, 2.24) is 9.97 Å². The number of carbonyl (C=O) groups excluding carboxylic acids is 1. The van der Waals surface area contributed by atoms with Crippen molar-refractivity contribution in [2.75, 3.05) is 0 Å². The van der Waals surface area contributed by atoms with Crippen LogP contribution in [0.3, 0.4) is 0 Å². The molecule has 1 aromatic heterocycles. The van der Waals surface area contributed by atoms with Crippen LogP contribution in [0.5, 0.6) is 5.75 Å². The number of hydrogen-bond donors (Lipinski definition) is 0. The number of hydrogen-bond acceptors (Lipinski definition) is 4. The van der Waals surface area contributed by atoms with Gasteiger partial charge in [0.1, 0.15) is 12.4 Å². The highest BCUT2D eigenvalue weighted by Gasteiger charge is 2.06. The molecule has 3 aromatic rings. The molecule has 0 spiro atoms. The average Bonchev–Trinajstić information content (AvgIpc) is 2.53. The Morgan fingerprint density at radius 3 is 2.27 bits per heavy atom. The summed E-state index contributed by atoms with van der Waals surface area (Å²) >= 11 is 0. The molecule has 0 aliphatic carbocycles. The van der Waals surface area contributed by atoms with Gasteiger partial charge in [0.25, 0.3) is 0 Å². The lowest BCUT2D eigenvalue weighted by molar-refractivity contribution is 0.101. The Morgan fingerprint density at radius 1 is 1.00 bits per heavy atom. The van der Waals surface area contributed by atoms with E-state index in [1.807, 2.05) is 31.2 Å². The fourth-order valence-corrected chi connectivity index (χ4v) is 2.20. The van der Waals surface area contributed by atoms with Crippen molar-refractivity contribution in [2.24, 2.45) is 0 Å². The smallest absolute Gasteiger partial charge is 0.159 e. The summed E-state index contributed by atoms with van der Waals surface area (Å²) in [5.41, 5.74) is 4.09. The Hall–Kier alpha value is -2.75. The minimum Gasteiger partial charge on any atom is -0.487 e. The van der Waals surface area contributed by atoms with Gasteiger partial charge in [-0.1, -0.05) is 12.1 Å². The third-order valence-electron chi connectivity index (χ3n) is 3.48. The molecule has 0 saturated heterocycles. The van der Waals surface area contributed by atoms with Gasteiger partial charge in [0.15, 0.2) is 5.78 Å². The number of aryl methyl sites for hydroxylation is 1. The van der Waals surface area contributed by atoms with Gasteiger partial charge < -0.3 is 4.74 Å². The molecule has 4 heteroatoms. The molecular formula is C18H16N2O2. The largest absolute Gasteiger partial charge is 0.487 e. The van der Waals surface area contributed by atoms with E-state index < -0.39 is 0 Å². The second-order valence-corrected chi connectivity index (χ2v) is 5.11. The molecule has 0 bridgehead atoms. The lowest BCUT2D eigenvalue weighted by Crippen LogP contribution is -2.03. The summed E-state index contributed by atoms with van der Waals surface area (Å²) < 4.78 is 5.74. The first-order valence-electron chi connectivity index (χ1n) is 7.09. The van der Waals surface area contributed by atoms with E-state index in [4.69, 9.17) is 4.74 Å². The Labute approximate surface area is 128 Å². The summed E-state index contributed by atoms with van der Waals surface area (Å²) in [4.78, 5) is 20.4. The van der Waals surface area contributed by atoms with E-state index in [0.717, 1.165) is 22.4 Å². The van der Waals surface area contributed by atoms with Crippen molar-refractivity contribution >= 4 is 16.8 Å². The number of para-hydroxylation sites is 2. The fourth-order valence-electron chi connectivity index (χ4n) is 2.20. The first-order valence-corrected chi connectivity index (χ1v) is 7.09. The molecule has 3 rings (SSSR count). The normalized spacial score (nSPS) is 10.6. The Bertz CT molecular complexity index is 826. The maximum atomic E-state index is 11.2. The molecule has 0 atom stereocenters. The molecule has 2 aromatic carbocycles. The number of ketones is 1. The summed E-state index contributed by atoms with van der Waals surface area (Å²) in [5.74, 6) is 0.752. The van der Waals surface area contributed by atoms with Gasteiger partial charge in [-0.2, -0.15) is 0 Å². The predicted molar refractivity (Wildman–Crippen MR) is 85.1 cm³/mol. The van der Waals surface area contributed by atoms with Gasteiger partial charge >= 0.3 is 0 Å². The molecule has 0 N–H and O–H groups in total. The van der Waals surface area contributed by atoms with Crippen molar-refractivity contribution in [2.45, 2.75) is 20.5 Å². The van der Waals surface area contributed by atoms with Crippen molar-refractivity contribution in [3.8, 4) is 5.75 Å². The van der Waals surface area contributed by atoms with E-state index >= 15 is 0 Å². The Morgan fingerprint density at radius 2 is 1.64 bits per heavy atom. The lowest BCUT2D eigenvalue weighted by atomic mass is 10.1. The minimum absolute atomic E-state index is 0.0443. The zero-order valence-corrected chi connectivity index (χ0v) is 12.5. The zero-order valence-electron chi connectivity index (χ0n) is 12.5. The van der Waals surface area contributed by atoms with Crippen LogP contribution in [-0.2, 0) is 6.61 Å². The highest BCUT2D eigenvalue weighted by Crippen LogP contribution is 2.17. The van der Waals surface area contributed by atoms with E-state index in [0.29, 0.717) is 17.9 Å². The van der Waals surface area contributed by atoms with Crippen LogP contribution in [0.2, 0.25) is 0 Å². The molecule has 1 heterocycles. The molecular weight excluding hydrogens is 276 g/mol. The third-order valence-corrected chi connectivity index (χ3v) is 3.48. The molecule has 0 fully saturated rings. The number of Topliss-reactive ketones (excluding diaryl/α,β-unsaturated/α-hetero) is 1. The molecule has 110 valence electrons. The summed E-state index contributed by atoms with van der Waals surface area (Å²) in [5, 5.41) is 0. The highest BCUT2D eigenvalue weighted by molar-refractivity contribution is 5.94. The summed E-state index contributed by atoms with van der Waals surface area (Å²) in [7, 11) is 0. The molecule has 0 aliphatic heterocycles. The van der Waals surface area contributed by atoms with Crippen molar-refractivity contribution in [1.29, 1.82) is 0 Å². The molecule has 22 heavy (non-hydrogen) atoms. The van der Waals surface area contributed by atoms with Gasteiger partial charge in [0, 0.05) is 5.56 Å². The number of aromatic nitrogens is 2. The molecule has 0 aliphatic rings. The average molecular weight is 292 g/mol. The SMILES string of the molecule is CC(=O)c1ccc(OCc2nc3ccccc3nc2C)cc1. The van der Waals surface area contributed by atoms with Crippen LogP contribution in [0.4, 0.5) is 0 Å². The second-order valence-electron chi connectivity index (χ2n) is 5.11. The van der Waals surface area contributed by atoms with Crippen molar-refractivity contribution in [3.05, 3.63) is 65.5 Å². The number of benzene rings is 2. The first kappa shape index (κ1) is 14.2. The van der Waals surface area contributed by atoms with Crippen LogP contribution < -0.4 is 4.74 Å². The van der Waals surface area contributed by atoms with Gasteiger partial charge in [-0.05, 0) is 50.2 Å². The number of ether oxygens (including phenoxy) is 1.